The molecule has 0 amide bonds. The summed E-state index contributed by atoms with van der Waals surface area (Å²) in [7, 11) is -4.96. The van der Waals surface area contributed by atoms with Crippen LogP contribution in [0.3, 0.4) is 0 Å². The molecule has 0 aliphatic carbocycles. The standard InChI is InChI=1S/C9H6FNO3S2/c10-16(12,13)14-8-3-1-7(2-4-8)9-11-5-6-15-9/h1-6H. The fourth-order valence-corrected chi connectivity index (χ4v) is 2.12. The Bertz CT molecular complexity index is 563. The van der Waals surface area contributed by atoms with Crippen molar-refractivity contribution in [2.75, 3.05) is 0 Å². The molecule has 7 heteroatoms. The number of rotatable bonds is 3. The highest BCUT2D eigenvalue weighted by atomic mass is 32.3. The molecule has 1 aromatic carbocycles. The van der Waals surface area contributed by atoms with Crippen molar-refractivity contribution in [2.24, 2.45) is 0 Å². The molecule has 0 unspecified atom stereocenters. The first-order valence-electron chi connectivity index (χ1n) is 4.18. The second-order valence-corrected chi connectivity index (χ2v) is 4.69. The minimum Gasteiger partial charge on any atom is -0.358 e. The van der Waals surface area contributed by atoms with Crippen LogP contribution in [0.15, 0.2) is 35.8 Å². The average Bonchev–Trinajstić information content (AvgIpc) is 2.69. The SMILES string of the molecule is O=S(=O)(F)Oc1ccc(-c2nccs2)cc1. The fourth-order valence-electron chi connectivity index (χ4n) is 1.13. The minimum atomic E-state index is -4.96. The van der Waals surface area contributed by atoms with Gasteiger partial charge in [0.25, 0.3) is 0 Å². The first-order chi connectivity index (χ1) is 7.54. The van der Waals surface area contributed by atoms with Gasteiger partial charge in [0.15, 0.2) is 0 Å². The summed E-state index contributed by atoms with van der Waals surface area (Å²) >= 11 is 1.45. The van der Waals surface area contributed by atoms with E-state index in [1.54, 1.807) is 18.3 Å². The number of nitrogens with zero attached hydrogens (tertiary/aromatic N) is 1. The van der Waals surface area contributed by atoms with Gasteiger partial charge >= 0.3 is 10.5 Å². The first-order valence-corrected chi connectivity index (χ1v) is 6.37. The lowest BCUT2D eigenvalue weighted by Gasteiger charge is -2.00. The summed E-state index contributed by atoms with van der Waals surface area (Å²) in [5, 5.41) is 2.63. The molecule has 1 aromatic heterocycles. The molecule has 2 rings (SSSR count). The van der Waals surface area contributed by atoms with E-state index in [0.717, 1.165) is 10.6 Å². The van der Waals surface area contributed by atoms with Crippen LogP contribution in [-0.2, 0) is 10.5 Å². The van der Waals surface area contributed by atoms with Crippen LogP contribution in [0.5, 0.6) is 5.75 Å². The van der Waals surface area contributed by atoms with Gasteiger partial charge in [0.2, 0.25) is 0 Å². The van der Waals surface area contributed by atoms with Gasteiger partial charge in [-0.25, -0.2) is 4.98 Å². The van der Waals surface area contributed by atoms with Gasteiger partial charge in [0, 0.05) is 17.1 Å². The lowest BCUT2D eigenvalue weighted by atomic mass is 10.2. The maximum atomic E-state index is 12.2. The predicted octanol–water partition coefficient (Wildman–Crippen LogP) is 2.40. The summed E-state index contributed by atoms with van der Waals surface area (Å²) in [6.45, 7) is 0. The van der Waals surface area contributed by atoms with Crippen LogP contribution in [-0.4, -0.2) is 13.4 Å². The van der Waals surface area contributed by atoms with Crippen molar-refractivity contribution >= 4 is 21.8 Å². The summed E-state index contributed by atoms with van der Waals surface area (Å²) in [6, 6.07) is 5.96. The summed E-state index contributed by atoms with van der Waals surface area (Å²) in [4.78, 5) is 4.08. The van der Waals surface area contributed by atoms with E-state index in [4.69, 9.17) is 0 Å². The number of hydrogen-bond acceptors (Lipinski definition) is 5. The lowest BCUT2D eigenvalue weighted by molar-refractivity contribution is 0.440. The smallest absolute Gasteiger partial charge is 0.358 e. The third kappa shape index (κ3) is 2.77. The van der Waals surface area contributed by atoms with Crippen LogP contribution < -0.4 is 4.18 Å². The van der Waals surface area contributed by atoms with Crippen molar-refractivity contribution < 1.29 is 16.5 Å². The Labute approximate surface area is 95.8 Å². The molecule has 0 saturated heterocycles. The molecule has 0 saturated carbocycles. The third-order valence-electron chi connectivity index (χ3n) is 1.73. The van der Waals surface area contributed by atoms with E-state index < -0.39 is 10.5 Å². The van der Waals surface area contributed by atoms with Crippen molar-refractivity contribution in [3.8, 4) is 16.3 Å². The minimum absolute atomic E-state index is 0.0668. The molecule has 4 nitrogen and oxygen atoms in total. The fraction of sp³-hybridized carbons (Fsp3) is 0. The molecule has 0 fully saturated rings. The van der Waals surface area contributed by atoms with E-state index in [1.807, 2.05) is 5.38 Å². The highest BCUT2D eigenvalue weighted by molar-refractivity contribution is 7.81. The normalized spacial score (nSPS) is 11.3. The van der Waals surface area contributed by atoms with Gasteiger partial charge in [0.1, 0.15) is 10.8 Å². The van der Waals surface area contributed by atoms with Gasteiger partial charge in [0.05, 0.1) is 0 Å². The second kappa shape index (κ2) is 4.18. The van der Waals surface area contributed by atoms with Crippen LogP contribution >= 0.6 is 11.3 Å². The summed E-state index contributed by atoms with van der Waals surface area (Å²) in [5.41, 5.74) is 0.818. The van der Waals surface area contributed by atoms with Crippen LogP contribution in [0, 0.1) is 0 Å². The van der Waals surface area contributed by atoms with E-state index in [-0.39, 0.29) is 5.75 Å². The molecule has 0 aliphatic heterocycles. The highest BCUT2D eigenvalue weighted by Crippen LogP contribution is 2.24. The number of aromatic nitrogens is 1. The van der Waals surface area contributed by atoms with Gasteiger partial charge in [-0.3, -0.25) is 0 Å². The summed E-state index contributed by atoms with van der Waals surface area (Å²) in [5.74, 6) is -0.0668. The second-order valence-electron chi connectivity index (χ2n) is 2.84. The topological polar surface area (TPSA) is 56.3 Å². The van der Waals surface area contributed by atoms with Crippen molar-refractivity contribution in [3.63, 3.8) is 0 Å². The monoisotopic (exact) mass is 259 g/mol. The molecule has 0 N–H and O–H groups in total. The Morgan fingerprint density at radius 1 is 1.25 bits per heavy atom. The Kier molecular flexibility index (Phi) is 2.88. The average molecular weight is 259 g/mol. The molecule has 0 radical (unpaired) electrons. The summed E-state index contributed by atoms with van der Waals surface area (Å²) < 4.78 is 36.7. The van der Waals surface area contributed by atoms with Crippen molar-refractivity contribution in [1.29, 1.82) is 0 Å². The third-order valence-corrected chi connectivity index (χ3v) is 2.94. The molecule has 84 valence electrons. The van der Waals surface area contributed by atoms with Gasteiger partial charge in [-0.2, -0.15) is 8.42 Å². The van der Waals surface area contributed by atoms with Crippen molar-refractivity contribution in [3.05, 3.63) is 35.8 Å². The maximum absolute atomic E-state index is 12.2. The molecule has 0 bridgehead atoms. The molecular formula is C9H6FNO3S2. The number of halogens is 1. The Morgan fingerprint density at radius 2 is 1.94 bits per heavy atom. The van der Waals surface area contributed by atoms with Crippen LogP contribution in [0.25, 0.3) is 10.6 Å². The van der Waals surface area contributed by atoms with Crippen LogP contribution in [0.1, 0.15) is 0 Å². The Morgan fingerprint density at radius 3 is 2.44 bits per heavy atom. The van der Waals surface area contributed by atoms with E-state index in [2.05, 4.69) is 9.17 Å². The number of hydrogen-bond donors (Lipinski definition) is 0. The molecule has 1 heterocycles. The molecule has 0 atom stereocenters. The van der Waals surface area contributed by atoms with Gasteiger partial charge < -0.3 is 4.18 Å². The van der Waals surface area contributed by atoms with Gasteiger partial charge in [-0.15, -0.1) is 11.3 Å². The zero-order valence-corrected chi connectivity index (χ0v) is 9.46. The highest BCUT2D eigenvalue weighted by Gasteiger charge is 2.09. The quantitative estimate of drug-likeness (QED) is 0.794. The van der Waals surface area contributed by atoms with Gasteiger partial charge in [-0.1, -0.05) is 3.89 Å². The molecule has 2 aromatic rings. The zero-order chi connectivity index (χ0) is 11.6. The molecule has 16 heavy (non-hydrogen) atoms. The maximum Gasteiger partial charge on any atom is 0.488 e. The van der Waals surface area contributed by atoms with Crippen LogP contribution in [0.4, 0.5) is 3.89 Å². The predicted molar refractivity (Wildman–Crippen MR) is 58.2 cm³/mol. The van der Waals surface area contributed by atoms with Crippen molar-refractivity contribution in [1.82, 2.24) is 4.98 Å². The van der Waals surface area contributed by atoms with Crippen LogP contribution in [0.2, 0.25) is 0 Å². The Balaban J connectivity index is 2.24. The molecular weight excluding hydrogens is 253 g/mol. The Hall–Kier alpha value is -1.47. The number of thiazole rings is 1. The molecule has 0 spiro atoms. The summed E-state index contributed by atoms with van der Waals surface area (Å²) in [6.07, 6.45) is 1.66. The first kappa shape index (κ1) is 11.0. The van der Waals surface area contributed by atoms with E-state index in [0.29, 0.717) is 0 Å². The van der Waals surface area contributed by atoms with E-state index in [1.165, 1.54) is 23.5 Å². The largest absolute Gasteiger partial charge is 0.488 e. The van der Waals surface area contributed by atoms with Gasteiger partial charge in [-0.05, 0) is 24.3 Å². The lowest BCUT2D eigenvalue weighted by Crippen LogP contribution is -2.00. The van der Waals surface area contributed by atoms with E-state index >= 15 is 0 Å². The van der Waals surface area contributed by atoms with Crippen molar-refractivity contribution in [2.45, 2.75) is 0 Å². The molecule has 0 aliphatic rings. The van der Waals surface area contributed by atoms with E-state index in [9.17, 15) is 12.3 Å². The zero-order valence-electron chi connectivity index (χ0n) is 7.83. The number of benzene rings is 1.